The van der Waals surface area contributed by atoms with Crippen LogP contribution in [0.4, 0.5) is 4.39 Å². The molecule has 0 saturated heterocycles. The first kappa shape index (κ1) is 39.2. The third kappa shape index (κ3) is 14.8. The highest BCUT2D eigenvalue weighted by atomic mass is 19.1. The van der Waals surface area contributed by atoms with Gasteiger partial charge in [0.15, 0.2) is 11.6 Å². The Morgan fingerprint density at radius 3 is 1.63 bits per heavy atom. The molecule has 8 heteroatoms. The smallest absolute Gasteiger partial charge is 0.343 e. The Kier molecular flexibility index (Phi) is 18.0. The van der Waals surface area contributed by atoms with E-state index < -0.39 is 23.7 Å². The van der Waals surface area contributed by atoms with Crippen molar-refractivity contribution in [3.63, 3.8) is 0 Å². The maximum atomic E-state index is 14.7. The van der Waals surface area contributed by atoms with Gasteiger partial charge in [0, 0.05) is 0 Å². The summed E-state index contributed by atoms with van der Waals surface area (Å²) < 4.78 is 36.6. The second-order valence-electron chi connectivity index (χ2n) is 12.6. The van der Waals surface area contributed by atoms with Crippen molar-refractivity contribution in [1.82, 2.24) is 0 Å². The fraction of sp³-hybridized carbons (Fsp3) is 0.488. The molecule has 0 radical (unpaired) electrons. The monoisotopic (exact) mass is 676 g/mol. The van der Waals surface area contributed by atoms with Crippen LogP contribution >= 0.6 is 0 Å². The molecule has 0 bridgehead atoms. The van der Waals surface area contributed by atoms with Crippen molar-refractivity contribution in [1.29, 1.82) is 0 Å². The number of carbonyl (C=O) groups excluding carboxylic acids is 3. The van der Waals surface area contributed by atoms with Crippen LogP contribution in [0.2, 0.25) is 0 Å². The summed E-state index contributed by atoms with van der Waals surface area (Å²) in [7, 11) is 0. The van der Waals surface area contributed by atoms with Crippen LogP contribution in [0.3, 0.4) is 0 Å². The van der Waals surface area contributed by atoms with E-state index in [1.807, 2.05) is 6.92 Å². The number of hydrogen-bond donors (Lipinski definition) is 0. The number of esters is 3. The zero-order valence-corrected chi connectivity index (χ0v) is 29.5. The fourth-order valence-corrected chi connectivity index (χ4v) is 5.33. The molecule has 266 valence electrons. The van der Waals surface area contributed by atoms with Crippen LogP contribution in [-0.2, 0) is 4.74 Å². The van der Waals surface area contributed by atoms with Crippen LogP contribution in [0.25, 0.3) is 0 Å². The molecule has 1 unspecified atom stereocenters. The summed E-state index contributed by atoms with van der Waals surface area (Å²) in [5.74, 6) is -2.24. The molecule has 0 heterocycles. The highest BCUT2D eigenvalue weighted by molar-refractivity contribution is 5.93. The van der Waals surface area contributed by atoms with Gasteiger partial charge in [-0.1, -0.05) is 90.9 Å². The van der Waals surface area contributed by atoms with Crippen LogP contribution in [0.15, 0.2) is 66.7 Å². The number of hydrogen-bond acceptors (Lipinski definition) is 7. The summed E-state index contributed by atoms with van der Waals surface area (Å²) in [6, 6.07) is 16.1. The molecule has 0 aliphatic rings. The lowest BCUT2D eigenvalue weighted by Gasteiger charge is -2.13. The predicted molar refractivity (Wildman–Crippen MR) is 190 cm³/mol. The van der Waals surface area contributed by atoms with E-state index in [1.165, 1.54) is 87.8 Å². The first-order valence-corrected chi connectivity index (χ1v) is 18.1. The first-order chi connectivity index (χ1) is 23.8. The Labute approximate surface area is 291 Å². The van der Waals surface area contributed by atoms with E-state index in [2.05, 4.69) is 13.8 Å². The van der Waals surface area contributed by atoms with Crippen molar-refractivity contribution in [2.75, 3.05) is 6.61 Å². The number of benzene rings is 3. The van der Waals surface area contributed by atoms with Gasteiger partial charge in [0.2, 0.25) is 0 Å². The van der Waals surface area contributed by atoms with Gasteiger partial charge in [-0.2, -0.15) is 0 Å². The molecule has 0 saturated carbocycles. The fourth-order valence-electron chi connectivity index (χ4n) is 5.33. The normalized spacial score (nSPS) is 11.5. The van der Waals surface area contributed by atoms with Gasteiger partial charge in [0.05, 0.1) is 29.4 Å². The lowest BCUT2D eigenvalue weighted by atomic mass is 10.1. The molecule has 3 aromatic rings. The van der Waals surface area contributed by atoms with Crippen LogP contribution in [0.1, 0.15) is 148 Å². The molecular formula is C41H53FO7. The van der Waals surface area contributed by atoms with Crippen molar-refractivity contribution < 1.29 is 37.7 Å². The minimum Gasteiger partial charge on any atom is -0.494 e. The number of unbranched alkanes of at least 4 members (excludes halogenated alkanes) is 12. The SMILES string of the molecule is CCCCCCCCCCCCOc1ccc(C(=O)Oc2ccc(C(=O)Oc3ccc(C(=O)OC(C)CCCCCC)cc3F)cc2)cc1. The van der Waals surface area contributed by atoms with Gasteiger partial charge in [-0.05, 0) is 92.9 Å². The largest absolute Gasteiger partial charge is 0.494 e. The van der Waals surface area contributed by atoms with Crippen molar-refractivity contribution in [3.8, 4) is 17.2 Å². The van der Waals surface area contributed by atoms with E-state index in [1.54, 1.807) is 24.3 Å². The van der Waals surface area contributed by atoms with E-state index >= 15 is 0 Å². The Bertz CT molecular complexity index is 1420. The Morgan fingerprint density at radius 2 is 1.06 bits per heavy atom. The predicted octanol–water partition coefficient (Wildman–Crippen LogP) is 11.1. The molecule has 7 nitrogen and oxygen atoms in total. The lowest BCUT2D eigenvalue weighted by Crippen LogP contribution is -2.15. The molecule has 0 amide bonds. The van der Waals surface area contributed by atoms with Crippen LogP contribution in [-0.4, -0.2) is 30.6 Å². The van der Waals surface area contributed by atoms with Gasteiger partial charge >= 0.3 is 17.9 Å². The molecule has 3 aromatic carbocycles. The maximum Gasteiger partial charge on any atom is 0.343 e. The van der Waals surface area contributed by atoms with Gasteiger partial charge < -0.3 is 18.9 Å². The third-order valence-electron chi connectivity index (χ3n) is 8.30. The second-order valence-corrected chi connectivity index (χ2v) is 12.6. The van der Waals surface area contributed by atoms with E-state index in [0.717, 1.165) is 51.0 Å². The van der Waals surface area contributed by atoms with E-state index in [4.69, 9.17) is 18.9 Å². The summed E-state index contributed by atoms with van der Waals surface area (Å²) >= 11 is 0. The van der Waals surface area contributed by atoms with Gasteiger partial charge in [0.1, 0.15) is 11.5 Å². The minimum atomic E-state index is -0.862. The maximum absolute atomic E-state index is 14.7. The zero-order valence-electron chi connectivity index (χ0n) is 29.5. The van der Waals surface area contributed by atoms with Gasteiger partial charge in [0.25, 0.3) is 0 Å². The minimum absolute atomic E-state index is 0.0374. The standard InChI is InChI=1S/C41H53FO7/c1-4-6-8-10-11-12-13-14-15-17-29-46-35-24-19-32(20-25-35)39(43)48-36-26-21-33(22-27-36)40(44)49-38-28-23-34(30-37(38)42)41(45)47-31(3)18-16-9-7-5-2/h19-28,30-31H,4-18,29H2,1-3H3. The van der Waals surface area contributed by atoms with Crippen molar-refractivity contribution in [2.24, 2.45) is 0 Å². The van der Waals surface area contributed by atoms with E-state index in [-0.39, 0.29) is 28.7 Å². The van der Waals surface area contributed by atoms with E-state index in [0.29, 0.717) is 17.9 Å². The van der Waals surface area contributed by atoms with Crippen LogP contribution in [0.5, 0.6) is 17.2 Å². The first-order valence-electron chi connectivity index (χ1n) is 18.1. The molecule has 0 fully saturated rings. The summed E-state index contributed by atoms with van der Waals surface area (Å²) in [5, 5.41) is 0. The molecule has 1 atom stereocenters. The molecule has 0 spiro atoms. The number of halogens is 1. The third-order valence-corrected chi connectivity index (χ3v) is 8.30. The van der Waals surface area contributed by atoms with Crippen LogP contribution in [0, 0.1) is 5.82 Å². The summed E-state index contributed by atoms with van der Waals surface area (Å²) in [5.41, 5.74) is 0.526. The molecular weight excluding hydrogens is 623 g/mol. The summed E-state index contributed by atoms with van der Waals surface area (Å²) in [6.45, 7) is 6.83. The Hall–Kier alpha value is -4.20. The molecule has 0 N–H and O–H groups in total. The van der Waals surface area contributed by atoms with Gasteiger partial charge in [-0.25, -0.2) is 18.8 Å². The quantitative estimate of drug-likeness (QED) is 0.0561. The Balaban J connectivity index is 1.38. The highest BCUT2D eigenvalue weighted by Crippen LogP contribution is 2.23. The average molecular weight is 677 g/mol. The topological polar surface area (TPSA) is 88.1 Å². The average Bonchev–Trinajstić information content (AvgIpc) is 3.10. The van der Waals surface area contributed by atoms with Gasteiger partial charge in [-0.15, -0.1) is 0 Å². The molecule has 0 aromatic heterocycles. The molecule has 0 aliphatic carbocycles. The van der Waals surface area contributed by atoms with E-state index in [9.17, 15) is 18.8 Å². The lowest BCUT2D eigenvalue weighted by molar-refractivity contribution is 0.0318. The van der Waals surface area contributed by atoms with Crippen molar-refractivity contribution >= 4 is 17.9 Å². The van der Waals surface area contributed by atoms with Gasteiger partial charge in [-0.3, -0.25) is 0 Å². The van der Waals surface area contributed by atoms with Crippen molar-refractivity contribution in [2.45, 2.75) is 123 Å². The van der Waals surface area contributed by atoms with Crippen LogP contribution < -0.4 is 14.2 Å². The van der Waals surface area contributed by atoms with Crippen molar-refractivity contribution in [3.05, 3.63) is 89.2 Å². The summed E-state index contributed by atoms with van der Waals surface area (Å²) in [6.07, 6.45) is 17.4. The number of carbonyl (C=O) groups is 3. The highest BCUT2D eigenvalue weighted by Gasteiger charge is 2.18. The molecule has 0 aliphatic heterocycles. The summed E-state index contributed by atoms with van der Waals surface area (Å²) in [4.78, 5) is 37.8. The Morgan fingerprint density at radius 1 is 0.571 bits per heavy atom. The second kappa shape index (κ2) is 22.4. The zero-order chi connectivity index (χ0) is 35.3. The number of rotatable bonds is 23. The number of ether oxygens (including phenoxy) is 4. The molecule has 49 heavy (non-hydrogen) atoms. The molecule has 3 rings (SSSR count).